The molecule has 1 aromatic carbocycles. The van der Waals surface area contributed by atoms with Crippen molar-refractivity contribution in [1.29, 1.82) is 0 Å². The highest BCUT2D eigenvalue weighted by Crippen LogP contribution is 2.13. The number of hydrogen-bond donors (Lipinski definition) is 3. The van der Waals surface area contributed by atoms with Crippen molar-refractivity contribution in [2.24, 2.45) is 5.73 Å². The Bertz CT molecular complexity index is 447. The average Bonchev–Trinajstić information content (AvgIpc) is 2.42. The van der Waals surface area contributed by atoms with E-state index in [1.165, 1.54) is 0 Å². The van der Waals surface area contributed by atoms with Crippen LogP contribution in [0, 0.1) is 0 Å². The van der Waals surface area contributed by atoms with Crippen molar-refractivity contribution in [1.82, 2.24) is 10.6 Å². The molecule has 2 amide bonds. The molecular weight excluding hydrogens is 242 g/mol. The fraction of sp³-hybridized carbons (Fsp3) is 0.429. The maximum atomic E-state index is 11.9. The van der Waals surface area contributed by atoms with E-state index in [9.17, 15) is 9.59 Å². The third-order valence-corrected chi connectivity index (χ3v) is 3.25. The van der Waals surface area contributed by atoms with E-state index in [-0.39, 0.29) is 24.3 Å². The Balaban J connectivity index is 1.85. The summed E-state index contributed by atoms with van der Waals surface area (Å²) in [6, 6.07) is 8.72. The zero-order valence-corrected chi connectivity index (χ0v) is 10.8. The van der Waals surface area contributed by atoms with Crippen LogP contribution in [0.4, 0.5) is 0 Å². The van der Waals surface area contributed by atoms with Crippen molar-refractivity contribution in [3.05, 3.63) is 35.9 Å². The normalized spacial score (nSPS) is 20.5. The summed E-state index contributed by atoms with van der Waals surface area (Å²) in [7, 11) is 0. The van der Waals surface area contributed by atoms with Crippen LogP contribution in [0.1, 0.15) is 30.9 Å². The Morgan fingerprint density at radius 2 is 2.16 bits per heavy atom. The molecule has 1 fully saturated rings. The van der Waals surface area contributed by atoms with Gasteiger partial charge in [0.15, 0.2) is 0 Å². The Hall–Kier alpha value is -1.88. The van der Waals surface area contributed by atoms with Gasteiger partial charge in [-0.15, -0.1) is 0 Å². The largest absolute Gasteiger partial charge is 0.354 e. The van der Waals surface area contributed by atoms with Gasteiger partial charge in [-0.2, -0.15) is 0 Å². The van der Waals surface area contributed by atoms with E-state index in [1.807, 2.05) is 30.3 Å². The zero-order chi connectivity index (χ0) is 13.7. The molecule has 5 nitrogen and oxygen atoms in total. The lowest BCUT2D eigenvalue weighted by Gasteiger charge is -2.23. The Morgan fingerprint density at radius 3 is 2.84 bits per heavy atom. The van der Waals surface area contributed by atoms with Gasteiger partial charge in [-0.1, -0.05) is 30.3 Å². The first-order chi connectivity index (χ1) is 9.16. The van der Waals surface area contributed by atoms with Gasteiger partial charge in [-0.25, -0.2) is 0 Å². The highest BCUT2D eigenvalue weighted by molar-refractivity contribution is 5.88. The molecule has 2 atom stereocenters. The van der Waals surface area contributed by atoms with Gasteiger partial charge in [-0.05, 0) is 18.4 Å². The fourth-order valence-electron chi connectivity index (χ4n) is 2.18. The van der Waals surface area contributed by atoms with E-state index in [4.69, 9.17) is 5.73 Å². The van der Waals surface area contributed by atoms with Gasteiger partial charge in [0, 0.05) is 19.0 Å². The minimum Gasteiger partial charge on any atom is -0.354 e. The van der Waals surface area contributed by atoms with Crippen LogP contribution in [0.25, 0.3) is 0 Å². The molecule has 1 aliphatic heterocycles. The quantitative estimate of drug-likeness (QED) is 0.736. The van der Waals surface area contributed by atoms with Crippen LogP contribution >= 0.6 is 0 Å². The van der Waals surface area contributed by atoms with Crippen LogP contribution in [0.5, 0.6) is 0 Å². The van der Waals surface area contributed by atoms with Crippen molar-refractivity contribution < 1.29 is 9.59 Å². The number of piperidine rings is 1. The van der Waals surface area contributed by atoms with E-state index < -0.39 is 6.04 Å². The second-order valence-electron chi connectivity index (χ2n) is 4.77. The Labute approximate surface area is 112 Å². The maximum Gasteiger partial charge on any atom is 0.242 e. The lowest BCUT2D eigenvalue weighted by atomic mass is 10.0. The lowest BCUT2D eigenvalue weighted by Crippen LogP contribution is -2.50. The molecule has 1 aromatic rings. The summed E-state index contributed by atoms with van der Waals surface area (Å²) in [6.45, 7) is 0.689. The lowest BCUT2D eigenvalue weighted by molar-refractivity contribution is -0.130. The van der Waals surface area contributed by atoms with Crippen molar-refractivity contribution >= 4 is 11.8 Å². The number of benzene rings is 1. The highest BCUT2D eigenvalue weighted by atomic mass is 16.2. The molecule has 4 N–H and O–H groups in total. The molecule has 2 unspecified atom stereocenters. The summed E-state index contributed by atoms with van der Waals surface area (Å²) in [6.07, 6.45) is 1.77. The summed E-state index contributed by atoms with van der Waals surface area (Å²) < 4.78 is 0. The Morgan fingerprint density at radius 1 is 1.42 bits per heavy atom. The van der Waals surface area contributed by atoms with E-state index >= 15 is 0 Å². The van der Waals surface area contributed by atoms with Crippen molar-refractivity contribution in [2.45, 2.75) is 31.3 Å². The molecule has 5 heteroatoms. The van der Waals surface area contributed by atoms with Crippen molar-refractivity contribution in [2.75, 3.05) is 6.54 Å². The van der Waals surface area contributed by atoms with Gasteiger partial charge < -0.3 is 16.4 Å². The maximum absolute atomic E-state index is 11.9. The van der Waals surface area contributed by atoms with Crippen LogP contribution in [0.3, 0.4) is 0 Å². The number of carbonyl (C=O) groups is 2. The average molecular weight is 261 g/mol. The molecule has 0 radical (unpaired) electrons. The fourth-order valence-corrected chi connectivity index (χ4v) is 2.18. The summed E-state index contributed by atoms with van der Waals surface area (Å²) in [5, 5.41) is 5.48. The molecule has 0 spiro atoms. The second-order valence-corrected chi connectivity index (χ2v) is 4.77. The summed E-state index contributed by atoms with van der Waals surface area (Å²) >= 11 is 0. The van der Waals surface area contributed by atoms with Gasteiger partial charge in [0.1, 0.15) is 6.04 Å². The highest BCUT2D eigenvalue weighted by Gasteiger charge is 2.24. The topological polar surface area (TPSA) is 84.2 Å². The predicted octanol–water partition coefficient (Wildman–Crippen LogP) is 0.471. The molecule has 1 saturated heterocycles. The van der Waals surface area contributed by atoms with E-state index in [0.29, 0.717) is 13.0 Å². The molecule has 2 rings (SSSR count). The monoisotopic (exact) mass is 261 g/mol. The number of rotatable bonds is 4. The van der Waals surface area contributed by atoms with Crippen LogP contribution in [0.2, 0.25) is 0 Å². The molecule has 0 saturated carbocycles. The van der Waals surface area contributed by atoms with Crippen LogP contribution < -0.4 is 16.4 Å². The van der Waals surface area contributed by atoms with Gasteiger partial charge in [-0.3, -0.25) is 9.59 Å². The summed E-state index contributed by atoms with van der Waals surface area (Å²) in [4.78, 5) is 23.4. The smallest absolute Gasteiger partial charge is 0.242 e. The zero-order valence-electron chi connectivity index (χ0n) is 10.8. The number of nitrogens with two attached hydrogens (primary N) is 1. The van der Waals surface area contributed by atoms with E-state index in [0.717, 1.165) is 12.0 Å². The first-order valence-corrected chi connectivity index (χ1v) is 6.54. The molecule has 102 valence electrons. The number of carbonyl (C=O) groups excluding carboxylic acids is 2. The summed E-state index contributed by atoms with van der Waals surface area (Å²) in [5.74, 6) is -0.286. The number of hydrogen-bond acceptors (Lipinski definition) is 3. The van der Waals surface area contributed by atoms with E-state index in [2.05, 4.69) is 10.6 Å². The minimum atomic E-state index is -0.413. The van der Waals surface area contributed by atoms with Crippen LogP contribution in [-0.2, 0) is 9.59 Å². The standard InChI is InChI=1S/C14H19N3O2/c15-11(10-5-2-1-3-6-10)9-13(18)17-12-7-4-8-16-14(12)19/h1-3,5-6,11-12H,4,7-9,15H2,(H,16,19)(H,17,18). The van der Waals surface area contributed by atoms with Gasteiger partial charge in [0.2, 0.25) is 11.8 Å². The SMILES string of the molecule is NC(CC(=O)NC1CCCNC1=O)c1ccccc1. The number of amides is 2. The van der Waals surface area contributed by atoms with Gasteiger partial charge in [0.25, 0.3) is 0 Å². The Kier molecular flexibility index (Phi) is 4.52. The molecule has 1 aliphatic rings. The van der Waals surface area contributed by atoms with Crippen LogP contribution in [-0.4, -0.2) is 24.4 Å². The first kappa shape index (κ1) is 13.5. The minimum absolute atomic E-state index is 0.104. The van der Waals surface area contributed by atoms with Gasteiger partial charge >= 0.3 is 0 Å². The third kappa shape index (κ3) is 3.79. The summed E-state index contributed by atoms with van der Waals surface area (Å²) in [5.41, 5.74) is 6.90. The first-order valence-electron chi connectivity index (χ1n) is 6.54. The molecule has 0 aliphatic carbocycles. The van der Waals surface area contributed by atoms with Crippen molar-refractivity contribution in [3.8, 4) is 0 Å². The third-order valence-electron chi connectivity index (χ3n) is 3.25. The molecule has 1 heterocycles. The van der Waals surface area contributed by atoms with E-state index in [1.54, 1.807) is 0 Å². The van der Waals surface area contributed by atoms with Gasteiger partial charge in [0.05, 0.1) is 0 Å². The molecule has 19 heavy (non-hydrogen) atoms. The molecular formula is C14H19N3O2. The number of nitrogens with one attached hydrogen (secondary N) is 2. The van der Waals surface area contributed by atoms with Crippen molar-refractivity contribution in [3.63, 3.8) is 0 Å². The molecule has 0 bridgehead atoms. The predicted molar refractivity (Wildman–Crippen MR) is 72.2 cm³/mol. The molecule has 0 aromatic heterocycles. The second kappa shape index (κ2) is 6.33. The van der Waals surface area contributed by atoms with Crippen LogP contribution in [0.15, 0.2) is 30.3 Å².